The predicted octanol–water partition coefficient (Wildman–Crippen LogP) is 3.45. The summed E-state index contributed by atoms with van der Waals surface area (Å²) in [4.78, 5) is 25.5. The second-order valence-corrected chi connectivity index (χ2v) is 15.7. The molecule has 9 nitrogen and oxygen atoms in total. The number of hydrogen-bond acceptors (Lipinski definition) is 9. The van der Waals surface area contributed by atoms with Crippen molar-refractivity contribution in [3.8, 4) is 0 Å². The molecule has 0 spiro atoms. The highest BCUT2D eigenvalue weighted by atomic mass is 16.6. The Bertz CT molecular complexity index is 1050. The van der Waals surface area contributed by atoms with Crippen LogP contribution < -0.4 is 0 Å². The van der Waals surface area contributed by atoms with Gasteiger partial charge in [0.25, 0.3) is 0 Å². The molecular formula is C35H58O9. The van der Waals surface area contributed by atoms with Crippen molar-refractivity contribution < 1.29 is 45.0 Å². The number of fused-ring (bicyclic) bond motifs is 5. The van der Waals surface area contributed by atoms with Gasteiger partial charge in [0.2, 0.25) is 0 Å². The van der Waals surface area contributed by atoms with Gasteiger partial charge in [-0.25, -0.2) is 4.79 Å². The molecule has 4 aliphatic rings. The van der Waals surface area contributed by atoms with E-state index in [4.69, 9.17) is 9.84 Å². The van der Waals surface area contributed by atoms with Gasteiger partial charge in [-0.05, 0) is 92.4 Å². The first-order chi connectivity index (χ1) is 20.6. The molecule has 6 N–H and O–H groups in total. The summed E-state index contributed by atoms with van der Waals surface area (Å²) in [6.45, 7) is 9.95. The van der Waals surface area contributed by atoms with Gasteiger partial charge in [-0.2, -0.15) is 0 Å². The second kappa shape index (κ2) is 13.8. The minimum atomic E-state index is -2.13. The molecule has 0 aromatic heterocycles. The molecule has 9 heteroatoms. The van der Waals surface area contributed by atoms with Gasteiger partial charge in [0.1, 0.15) is 24.4 Å². The first-order valence-electron chi connectivity index (χ1n) is 17.1. The van der Waals surface area contributed by atoms with Gasteiger partial charge < -0.3 is 35.4 Å². The van der Waals surface area contributed by atoms with Gasteiger partial charge in [-0.1, -0.05) is 59.0 Å². The molecule has 0 aromatic carbocycles. The number of rotatable bonds is 13. The molecule has 12 atom stereocenters. The molecule has 252 valence electrons. The van der Waals surface area contributed by atoms with Crippen molar-refractivity contribution in [3.63, 3.8) is 0 Å². The van der Waals surface area contributed by atoms with Gasteiger partial charge in [0, 0.05) is 12.3 Å². The Morgan fingerprint density at radius 1 is 1.02 bits per heavy atom. The molecule has 44 heavy (non-hydrogen) atoms. The molecule has 3 fully saturated rings. The third kappa shape index (κ3) is 6.84. The van der Waals surface area contributed by atoms with E-state index in [1.54, 1.807) is 0 Å². The fourth-order valence-electron chi connectivity index (χ4n) is 10.0. The molecule has 4 rings (SSSR count). The number of carbonyl (C=O) groups excluding carboxylic acids is 2. The molecule has 0 aliphatic heterocycles. The number of aliphatic hydroxyl groups excluding tert-OH is 5. The Hall–Kier alpha value is -1.36. The van der Waals surface area contributed by atoms with E-state index >= 15 is 0 Å². The number of ether oxygens (including phenoxy) is 1. The van der Waals surface area contributed by atoms with E-state index in [0.29, 0.717) is 37.0 Å². The summed E-state index contributed by atoms with van der Waals surface area (Å²) in [7, 11) is 0. The van der Waals surface area contributed by atoms with E-state index in [-0.39, 0.29) is 22.5 Å². The lowest BCUT2D eigenvalue weighted by Gasteiger charge is -2.58. The van der Waals surface area contributed by atoms with Crippen molar-refractivity contribution in [2.24, 2.45) is 40.4 Å². The third-order valence-electron chi connectivity index (χ3n) is 12.4. The standard InChI is InChI=1S/C35H58O9/c1-20(2)9-7-6-8-14-35(5,43)31-27(44-32(42)30(41)29(40)28(39)26(38)19-36)18-25-23-11-10-21-17-22(37)12-15-33(21,3)24(23)13-16-34(25,31)4/h17,20,23-31,36,38-41,43H,6-16,18-19H2,1-5H3. The van der Waals surface area contributed by atoms with Crippen molar-refractivity contribution in [2.45, 2.75) is 148 Å². The van der Waals surface area contributed by atoms with Crippen molar-refractivity contribution in [3.05, 3.63) is 11.6 Å². The molecule has 0 heterocycles. The largest absolute Gasteiger partial charge is 0.460 e. The number of hydrogen-bond donors (Lipinski definition) is 6. The number of unbranched alkanes of at least 4 members (excludes halogenated alkanes) is 2. The molecular weight excluding hydrogens is 564 g/mol. The fourth-order valence-corrected chi connectivity index (χ4v) is 10.0. The predicted molar refractivity (Wildman–Crippen MR) is 165 cm³/mol. The zero-order valence-corrected chi connectivity index (χ0v) is 27.5. The third-order valence-corrected chi connectivity index (χ3v) is 12.4. The Kier molecular flexibility index (Phi) is 11.1. The molecule has 0 saturated heterocycles. The highest BCUT2D eigenvalue weighted by molar-refractivity contribution is 5.91. The van der Waals surface area contributed by atoms with Crippen molar-refractivity contribution in [1.29, 1.82) is 0 Å². The van der Waals surface area contributed by atoms with Crippen molar-refractivity contribution in [2.75, 3.05) is 6.61 Å². The van der Waals surface area contributed by atoms with Crippen LogP contribution in [0.3, 0.4) is 0 Å². The quantitative estimate of drug-likeness (QED) is 0.133. The number of esters is 1. The highest BCUT2D eigenvalue weighted by Gasteiger charge is 2.65. The first kappa shape index (κ1) is 35.5. The summed E-state index contributed by atoms with van der Waals surface area (Å²) in [6, 6.07) is 0. The average Bonchev–Trinajstić information content (AvgIpc) is 3.27. The summed E-state index contributed by atoms with van der Waals surface area (Å²) in [6.07, 6.45) is 3.51. The van der Waals surface area contributed by atoms with Crippen LogP contribution in [0.15, 0.2) is 11.6 Å². The molecule has 4 aliphatic carbocycles. The monoisotopic (exact) mass is 622 g/mol. The zero-order chi connectivity index (χ0) is 32.6. The lowest BCUT2D eigenvalue weighted by Crippen LogP contribution is -2.54. The number of ketones is 1. The second-order valence-electron chi connectivity index (χ2n) is 15.7. The first-order valence-corrected chi connectivity index (χ1v) is 17.1. The van der Waals surface area contributed by atoms with Crippen LogP contribution in [0.5, 0.6) is 0 Å². The van der Waals surface area contributed by atoms with Crippen LogP contribution in [0.2, 0.25) is 0 Å². The fraction of sp³-hybridized carbons (Fsp3) is 0.886. The summed E-state index contributed by atoms with van der Waals surface area (Å²) in [5.41, 5.74) is -0.238. The normalized spacial score (nSPS) is 37.6. The number of allylic oxidation sites excluding steroid dienone is 1. The van der Waals surface area contributed by atoms with Crippen LogP contribution in [-0.2, 0) is 14.3 Å². The molecule has 12 unspecified atom stereocenters. The SMILES string of the molecule is CC(C)CCCCCC(C)(O)C1C(OC(=O)C(O)C(O)C(O)C(O)CO)CC2C3CCC4=CC(=O)CCC4(C)C3CCC21C. The van der Waals surface area contributed by atoms with Gasteiger partial charge in [-0.3, -0.25) is 4.79 Å². The smallest absolute Gasteiger partial charge is 0.338 e. The summed E-state index contributed by atoms with van der Waals surface area (Å²) in [5.74, 6) is 0.224. The van der Waals surface area contributed by atoms with E-state index in [1.807, 2.05) is 13.0 Å². The van der Waals surface area contributed by atoms with E-state index < -0.39 is 54.6 Å². The maximum atomic E-state index is 13.2. The van der Waals surface area contributed by atoms with E-state index in [0.717, 1.165) is 57.8 Å². The topological polar surface area (TPSA) is 165 Å². The van der Waals surface area contributed by atoms with Crippen molar-refractivity contribution >= 4 is 11.8 Å². The molecule has 0 aromatic rings. The van der Waals surface area contributed by atoms with Crippen LogP contribution >= 0.6 is 0 Å². The summed E-state index contributed by atoms with van der Waals surface area (Å²) in [5, 5.41) is 62.1. The van der Waals surface area contributed by atoms with E-state index in [2.05, 4.69) is 27.7 Å². The molecule has 0 amide bonds. The Balaban J connectivity index is 1.59. The average molecular weight is 623 g/mol. The lowest BCUT2D eigenvalue weighted by atomic mass is 9.46. The van der Waals surface area contributed by atoms with E-state index in [9.17, 15) is 35.1 Å². The maximum absolute atomic E-state index is 13.2. The van der Waals surface area contributed by atoms with Gasteiger partial charge in [0.15, 0.2) is 11.9 Å². The van der Waals surface area contributed by atoms with Crippen LogP contribution in [-0.4, -0.2) is 85.1 Å². The number of aliphatic hydroxyl groups is 6. The van der Waals surface area contributed by atoms with Gasteiger partial charge in [-0.15, -0.1) is 0 Å². The maximum Gasteiger partial charge on any atom is 0.338 e. The lowest BCUT2D eigenvalue weighted by molar-refractivity contribution is -0.184. The van der Waals surface area contributed by atoms with Crippen LogP contribution in [0.1, 0.15) is 112 Å². The van der Waals surface area contributed by atoms with Gasteiger partial charge >= 0.3 is 5.97 Å². The summed E-state index contributed by atoms with van der Waals surface area (Å²) < 4.78 is 5.98. The van der Waals surface area contributed by atoms with Crippen molar-refractivity contribution in [1.82, 2.24) is 0 Å². The molecule has 0 radical (unpaired) electrons. The Labute approximate surface area is 263 Å². The van der Waals surface area contributed by atoms with E-state index in [1.165, 1.54) is 5.57 Å². The minimum absolute atomic E-state index is 0.0364. The Morgan fingerprint density at radius 3 is 2.39 bits per heavy atom. The van der Waals surface area contributed by atoms with Crippen LogP contribution in [0.4, 0.5) is 0 Å². The summed E-state index contributed by atoms with van der Waals surface area (Å²) >= 11 is 0. The molecule has 3 saturated carbocycles. The van der Waals surface area contributed by atoms with Crippen LogP contribution in [0.25, 0.3) is 0 Å². The highest BCUT2D eigenvalue weighted by Crippen LogP contribution is 2.68. The van der Waals surface area contributed by atoms with Crippen LogP contribution in [0, 0.1) is 40.4 Å². The van der Waals surface area contributed by atoms with Gasteiger partial charge in [0.05, 0.1) is 12.2 Å². The number of carbonyl (C=O) groups is 2. The minimum Gasteiger partial charge on any atom is -0.460 e. The zero-order valence-electron chi connectivity index (χ0n) is 27.5. The molecule has 0 bridgehead atoms. The Morgan fingerprint density at radius 2 is 1.73 bits per heavy atom.